The Morgan fingerprint density at radius 3 is 2.33 bits per heavy atom. The fraction of sp³-hybridized carbons (Fsp3) is 0.417. The number of hydrogen-bond donors (Lipinski definition) is 2. The van der Waals surface area contributed by atoms with Crippen LogP contribution in [0, 0.1) is 0 Å². The zero-order valence-corrected chi connectivity index (χ0v) is 11.3. The molecule has 0 heterocycles. The molecule has 1 aromatic rings. The van der Waals surface area contributed by atoms with Crippen LogP contribution in [0.4, 0.5) is 5.69 Å². The van der Waals surface area contributed by atoms with Gasteiger partial charge in [-0.25, -0.2) is 8.42 Å². The summed E-state index contributed by atoms with van der Waals surface area (Å²) in [6.45, 7) is 3.24. The van der Waals surface area contributed by atoms with Crippen molar-refractivity contribution in [3.8, 4) is 0 Å². The number of nitrogens with one attached hydrogen (secondary N) is 1. The van der Waals surface area contributed by atoms with E-state index >= 15 is 0 Å². The first-order chi connectivity index (χ1) is 8.35. The second-order valence-electron chi connectivity index (χ2n) is 4.16. The summed E-state index contributed by atoms with van der Waals surface area (Å²) < 4.78 is 23.9. The maximum absolute atomic E-state index is 12.0. The Morgan fingerprint density at radius 2 is 1.89 bits per heavy atom. The average molecular weight is 270 g/mol. The first-order valence-corrected chi connectivity index (χ1v) is 7.36. The molecule has 1 atom stereocenters. The number of carbonyl (C=O) groups is 1. The molecule has 0 aliphatic heterocycles. The zero-order chi connectivity index (χ0) is 13.8. The fourth-order valence-electron chi connectivity index (χ4n) is 1.44. The Labute approximate surface area is 107 Å². The molecule has 0 aliphatic rings. The van der Waals surface area contributed by atoms with E-state index in [2.05, 4.69) is 5.32 Å². The molecule has 0 aromatic heterocycles. The molecule has 0 fully saturated rings. The Balaban J connectivity index is 2.87. The van der Waals surface area contributed by atoms with Crippen molar-refractivity contribution in [2.75, 3.05) is 11.1 Å². The minimum absolute atomic E-state index is 0.0665. The van der Waals surface area contributed by atoms with Gasteiger partial charge in [0, 0.05) is 18.7 Å². The van der Waals surface area contributed by atoms with Gasteiger partial charge >= 0.3 is 0 Å². The minimum atomic E-state index is -3.35. The molecule has 0 spiro atoms. The van der Waals surface area contributed by atoms with Gasteiger partial charge in [0.15, 0.2) is 9.84 Å². The van der Waals surface area contributed by atoms with Gasteiger partial charge < -0.3 is 11.1 Å². The van der Waals surface area contributed by atoms with E-state index in [-0.39, 0.29) is 22.6 Å². The highest BCUT2D eigenvalue weighted by atomic mass is 32.2. The SMILES string of the molecule is CCC(N)CS(=O)(=O)c1ccc(NC(C)=O)cc1. The quantitative estimate of drug-likeness (QED) is 0.840. The molecule has 0 aliphatic carbocycles. The molecule has 18 heavy (non-hydrogen) atoms. The van der Waals surface area contributed by atoms with Gasteiger partial charge in [0.25, 0.3) is 0 Å². The van der Waals surface area contributed by atoms with Crippen LogP contribution in [0.1, 0.15) is 20.3 Å². The van der Waals surface area contributed by atoms with E-state index in [0.29, 0.717) is 12.1 Å². The van der Waals surface area contributed by atoms with E-state index in [1.807, 2.05) is 6.92 Å². The minimum Gasteiger partial charge on any atom is -0.327 e. The fourth-order valence-corrected chi connectivity index (χ4v) is 2.99. The van der Waals surface area contributed by atoms with Gasteiger partial charge in [-0.1, -0.05) is 6.92 Å². The van der Waals surface area contributed by atoms with Gasteiger partial charge in [-0.3, -0.25) is 4.79 Å². The molecule has 1 rings (SSSR count). The second-order valence-corrected chi connectivity index (χ2v) is 6.19. The molecule has 1 amide bonds. The highest BCUT2D eigenvalue weighted by Gasteiger charge is 2.17. The maximum atomic E-state index is 12.0. The van der Waals surface area contributed by atoms with Crippen molar-refractivity contribution in [1.29, 1.82) is 0 Å². The number of anilines is 1. The number of amides is 1. The Kier molecular flexibility index (Phi) is 4.86. The third kappa shape index (κ3) is 4.12. The number of hydrogen-bond acceptors (Lipinski definition) is 4. The molecule has 1 aromatic carbocycles. The molecular formula is C12H18N2O3S. The first-order valence-electron chi connectivity index (χ1n) is 5.71. The summed E-state index contributed by atoms with van der Waals surface area (Å²) in [7, 11) is -3.35. The zero-order valence-electron chi connectivity index (χ0n) is 10.5. The van der Waals surface area contributed by atoms with Gasteiger partial charge in [-0.2, -0.15) is 0 Å². The second kappa shape index (κ2) is 5.97. The molecule has 3 N–H and O–H groups in total. The summed E-state index contributed by atoms with van der Waals surface area (Å²) >= 11 is 0. The standard InChI is InChI=1S/C12H18N2O3S/c1-3-10(13)8-18(16,17)12-6-4-11(5-7-12)14-9(2)15/h4-7,10H,3,8,13H2,1-2H3,(H,14,15). The highest BCUT2D eigenvalue weighted by molar-refractivity contribution is 7.91. The monoisotopic (exact) mass is 270 g/mol. The Bertz CT molecular complexity index is 509. The van der Waals surface area contributed by atoms with E-state index in [1.54, 1.807) is 12.1 Å². The number of sulfone groups is 1. The van der Waals surface area contributed by atoms with E-state index in [9.17, 15) is 13.2 Å². The van der Waals surface area contributed by atoms with E-state index < -0.39 is 9.84 Å². The molecule has 0 bridgehead atoms. The van der Waals surface area contributed by atoms with Crippen LogP contribution < -0.4 is 11.1 Å². The number of carbonyl (C=O) groups excluding carboxylic acids is 1. The lowest BCUT2D eigenvalue weighted by molar-refractivity contribution is -0.114. The lowest BCUT2D eigenvalue weighted by atomic mass is 10.3. The van der Waals surface area contributed by atoms with Crippen molar-refractivity contribution >= 4 is 21.4 Å². The number of benzene rings is 1. The molecule has 0 saturated carbocycles. The summed E-state index contributed by atoms with van der Waals surface area (Å²) in [5, 5.41) is 2.58. The third-order valence-corrected chi connectivity index (χ3v) is 4.35. The van der Waals surface area contributed by atoms with Crippen molar-refractivity contribution in [2.45, 2.75) is 31.2 Å². The number of nitrogens with two attached hydrogens (primary N) is 1. The molecular weight excluding hydrogens is 252 g/mol. The molecule has 1 unspecified atom stereocenters. The topological polar surface area (TPSA) is 89.3 Å². The van der Waals surface area contributed by atoms with Crippen LogP contribution in [0.15, 0.2) is 29.2 Å². The predicted molar refractivity (Wildman–Crippen MR) is 71.1 cm³/mol. The predicted octanol–water partition coefficient (Wildman–Crippen LogP) is 1.16. The molecule has 100 valence electrons. The molecule has 5 nitrogen and oxygen atoms in total. The maximum Gasteiger partial charge on any atom is 0.221 e. The van der Waals surface area contributed by atoms with E-state index in [4.69, 9.17) is 5.73 Å². The first kappa shape index (κ1) is 14.7. The van der Waals surface area contributed by atoms with Gasteiger partial charge in [0.2, 0.25) is 5.91 Å². The van der Waals surface area contributed by atoms with E-state index in [1.165, 1.54) is 19.1 Å². The molecule has 0 saturated heterocycles. The summed E-state index contributed by atoms with van der Waals surface area (Å²) in [6.07, 6.45) is 0.614. The van der Waals surface area contributed by atoms with E-state index in [0.717, 1.165) is 0 Å². The molecule has 0 radical (unpaired) electrons. The van der Waals surface area contributed by atoms with Crippen molar-refractivity contribution in [1.82, 2.24) is 0 Å². The van der Waals surface area contributed by atoms with Crippen LogP contribution in [0.3, 0.4) is 0 Å². The van der Waals surface area contributed by atoms with Gasteiger partial charge in [0.1, 0.15) is 0 Å². The lowest BCUT2D eigenvalue weighted by Crippen LogP contribution is -2.28. The smallest absolute Gasteiger partial charge is 0.221 e. The van der Waals surface area contributed by atoms with Crippen LogP contribution in [0.2, 0.25) is 0 Å². The summed E-state index contributed by atoms with van der Waals surface area (Å²) in [5.74, 6) is -0.262. The summed E-state index contributed by atoms with van der Waals surface area (Å²) in [4.78, 5) is 11.1. The largest absolute Gasteiger partial charge is 0.327 e. The van der Waals surface area contributed by atoms with Crippen LogP contribution in [0.25, 0.3) is 0 Å². The highest BCUT2D eigenvalue weighted by Crippen LogP contribution is 2.16. The summed E-state index contributed by atoms with van der Waals surface area (Å²) in [5.41, 5.74) is 6.23. The van der Waals surface area contributed by atoms with Gasteiger partial charge in [-0.05, 0) is 30.7 Å². The van der Waals surface area contributed by atoms with Crippen molar-refractivity contribution < 1.29 is 13.2 Å². The van der Waals surface area contributed by atoms with Gasteiger partial charge in [0.05, 0.1) is 10.6 Å². The van der Waals surface area contributed by atoms with Crippen LogP contribution in [0.5, 0.6) is 0 Å². The van der Waals surface area contributed by atoms with Crippen LogP contribution in [-0.2, 0) is 14.6 Å². The van der Waals surface area contributed by atoms with Crippen molar-refractivity contribution in [2.24, 2.45) is 5.73 Å². The van der Waals surface area contributed by atoms with Crippen molar-refractivity contribution in [3.05, 3.63) is 24.3 Å². The Morgan fingerprint density at radius 1 is 1.33 bits per heavy atom. The average Bonchev–Trinajstić information content (AvgIpc) is 2.28. The third-order valence-electron chi connectivity index (χ3n) is 2.49. The van der Waals surface area contributed by atoms with Crippen LogP contribution >= 0.6 is 0 Å². The van der Waals surface area contributed by atoms with Crippen LogP contribution in [-0.4, -0.2) is 26.1 Å². The summed E-state index contributed by atoms with van der Waals surface area (Å²) in [6, 6.07) is 5.72. The normalized spacial score (nSPS) is 13.1. The molecule has 6 heteroatoms. The van der Waals surface area contributed by atoms with Gasteiger partial charge in [-0.15, -0.1) is 0 Å². The lowest BCUT2D eigenvalue weighted by Gasteiger charge is -2.10. The van der Waals surface area contributed by atoms with Crippen molar-refractivity contribution in [3.63, 3.8) is 0 Å². The number of rotatable bonds is 5. The Hall–Kier alpha value is -1.40.